The molecule has 3 rings (SSSR count). The average Bonchev–Trinajstić information content (AvgIpc) is 3.13. The van der Waals surface area contributed by atoms with Gasteiger partial charge in [0, 0.05) is 16.5 Å². The van der Waals surface area contributed by atoms with Gasteiger partial charge in [0.2, 0.25) is 0 Å². The van der Waals surface area contributed by atoms with Gasteiger partial charge in [0.05, 0.1) is 13.7 Å². The topological polar surface area (TPSA) is 76.1 Å². The lowest BCUT2D eigenvalue weighted by Gasteiger charge is -2.34. The standard InChI is InChI=1S/C22H25NO5/c1-22(2,3)21-23(17(13-28-21)20(25)26)19(24)15-11-9-14(10-12-15)16-7-5-6-8-18(16)27-4/h5-12,17,21H,13H2,1-4H3,(H,25,26)/t17-,21+/m0/s1. The number of hydrogen-bond acceptors (Lipinski definition) is 4. The second-order valence-corrected chi connectivity index (χ2v) is 7.90. The van der Waals surface area contributed by atoms with Gasteiger partial charge in [0.1, 0.15) is 12.0 Å². The Hall–Kier alpha value is -2.86. The molecule has 1 heterocycles. The molecule has 0 spiro atoms. The molecule has 1 N–H and O–H groups in total. The van der Waals surface area contributed by atoms with E-state index in [4.69, 9.17) is 9.47 Å². The Morgan fingerprint density at radius 1 is 1.11 bits per heavy atom. The van der Waals surface area contributed by atoms with Crippen molar-refractivity contribution in [1.29, 1.82) is 0 Å². The fourth-order valence-corrected chi connectivity index (χ4v) is 3.44. The number of rotatable bonds is 4. The van der Waals surface area contributed by atoms with Crippen molar-refractivity contribution in [2.45, 2.75) is 33.0 Å². The molecule has 0 aromatic heterocycles. The van der Waals surface area contributed by atoms with Crippen LogP contribution in [0.5, 0.6) is 5.75 Å². The smallest absolute Gasteiger partial charge is 0.328 e. The van der Waals surface area contributed by atoms with Crippen molar-refractivity contribution >= 4 is 11.9 Å². The normalized spacial score (nSPS) is 19.5. The molecule has 0 radical (unpaired) electrons. The van der Waals surface area contributed by atoms with Gasteiger partial charge in [0.15, 0.2) is 6.04 Å². The molecule has 28 heavy (non-hydrogen) atoms. The quantitative estimate of drug-likeness (QED) is 0.872. The van der Waals surface area contributed by atoms with Gasteiger partial charge in [-0.15, -0.1) is 0 Å². The SMILES string of the molecule is COc1ccccc1-c1ccc(C(=O)N2[C@H](C(=O)O)CO[C@@H]2C(C)(C)C)cc1. The number of para-hydroxylation sites is 1. The molecule has 2 aromatic rings. The molecule has 0 saturated carbocycles. The summed E-state index contributed by atoms with van der Waals surface area (Å²) in [5.74, 6) is -0.671. The number of carboxylic acids is 1. The van der Waals surface area contributed by atoms with Crippen molar-refractivity contribution in [2.75, 3.05) is 13.7 Å². The number of ether oxygens (including phenoxy) is 2. The zero-order valence-corrected chi connectivity index (χ0v) is 16.5. The fourth-order valence-electron chi connectivity index (χ4n) is 3.44. The highest BCUT2D eigenvalue weighted by Crippen LogP contribution is 2.34. The number of carboxylic acid groups (broad SMARTS) is 1. The van der Waals surface area contributed by atoms with Crippen molar-refractivity contribution in [1.82, 2.24) is 4.90 Å². The summed E-state index contributed by atoms with van der Waals surface area (Å²) in [7, 11) is 1.61. The third-order valence-electron chi connectivity index (χ3n) is 4.81. The third kappa shape index (κ3) is 3.73. The molecule has 2 aromatic carbocycles. The summed E-state index contributed by atoms with van der Waals surface area (Å²) >= 11 is 0. The molecule has 6 heteroatoms. The van der Waals surface area contributed by atoms with E-state index in [1.807, 2.05) is 57.2 Å². The van der Waals surface area contributed by atoms with E-state index in [2.05, 4.69) is 0 Å². The van der Waals surface area contributed by atoms with Gasteiger partial charge in [-0.1, -0.05) is 51.1 Å². The van der Waals surface area contributed by atoms with Gasteiger partial charge in [0.25, 0.3) is 5.91 Å². The van der Waals surface area contributed by atoms with Crippen molar-refractivity contribution in [3.8, 4) is 16.9 Å². The van der Waals surface area contributed by atoms with E-state index in [-0.39, 0.29) is 12.5 Å². The minimum Gasteiger partial charge on any atom is -0.496 e. The van der Waals surface area contributed by atoms with E-state index in [1.165, 1.54) is 4.90 Å². The Kier molecular flexibility index (Phi) is 5.42. The van der Waals surface area contributed by atoms with Crippen LogP contribution < -0.4 is 4.74 Å². The van der Waals surface area contributed by atoms with E-state index in [1.54, 1.807) is 19.2 Å². The van der Waals surface area contributed by atoms with Gasteiger partial charge < -0.3 is 14.6 Å². The first-order valence-electron chi connectivity index (χ1n) is 9.14. The van der Waals surface area contributed by atoms with Crippen LogP contribution in [-0.4, -0.2) is 47.9 Å². The Morgan fingerprint density at radius 3 is 2.32 bits per heavy atom. The summed E-state index contributed by atoms with van der Waals surface area (Å²) in [5.41, 5.74) is 1.85. The number of methoxy groups -OCH3 is 1. The number of carbonyl (C=O) groups is 2. The van der Waals surface area contributed by atoms with Gasteiger partial charge in [-0.25, -0.2) is 4.79 Å². The van der Waals surface area contributed by atoms with E-state index in [9.17, 15) is 14.7 Å². The van der Waals surface area contributed by atoms with Crippen LogP contribution in [0.15, 0.2) is 48.5 Å². The number of carbonyl (C=O) groups excluding carboxylic acids is 1. The highest BCUT2D eigenvalue weighted by Gasteiger charge is 2.47. The van der Waals surface area contributed by atoms with Gasteiger partial charge in [-0.2, -0.15) is 0 Å². The summed E-state index contributed by atoms with van der Waals surface area (Å²) in [5, 5.41) is 9.53. The predicted octanol–water partition coefficient (Wildman–Crippen LogP) is 3.66. The summed E-state index contributed by atoms with van der Waals surface area (Å²) in [6.45, 7) is 5.76. The first-order chi connectivity index (χ1) is 13.2. The van der Waals surface area contributed by atoms with Crippen LogP contribution in [0.1, 0.15) is 31.1 Å². The zero-order chi connectivity index (χ0) is 20.5. The predicted molar refractivity (Wildman–Crippen MR) is 105 cm³/mol. The first-order valence-corrected chi connectivity index (χ1v) is 9.14. The highest BCUT2D eigenvalue weighted by molar-refractivity contribution is 5.97. The van der Waals surface area contributed by atoms with Gasteiger partial charge in [-0.05, 0) is 23.8 Å². The Balaban J connectivity index is 1.92. The van der Waals surface area contributed by atoms with Crippen molar-refractivity contribution in [3.05, 3.63) is 54.1 Å². The lowest BCUT2D eigenvalue weighted by atomic mass is 9.92. The Morgan fingerprint density at radius 2 is 1.75 bits per heavy atom. The van der Waals surface area contributed by atoms with Crippen molar-refractivity contribution in [3.63, 3.8) is 0 Å². The van der Waals surface area contributed by atoms with Crippen LogP contribution in [-0.2, 0) is 9.53 Å². The maximum Gasteiger partial charge on any atom is 0.328 e. The van der Waals surface area contributed by atoms with Crippen LogP contribution >= 0.6 is 0 Å². The van der Waals surface area contributed by atoms with E-state index in [0.717, 1.165) is 16.9 Å². The number of nitrogens with zero attached hydrogens (tertiary/aromatic N) is 1. The number of aliphatic carboxylic acids is 1. The van der Waals surface area contributed by atoms with Crippen LogP contribution in [0, 0.1) is 5.41 Å². The minimum atomic E-state index is -1.06. The van der Waals surface area contributed by atoms with Crippen LogP contribution in [0.3, 0.4) is 0 Å². The minimum absolute atomic E-state index is 0.0116. The highest BCUT2D eigenvalue weighted by atomic mass is 16.5. The first kappa shape index (κ1) is 19.9. The molecule has 0 unspecified atom stereocenters. The van der Waals surface area contributed by atoms with Gasteiger partial charge in [-0.3, -0.25) is 9.69 Å². The molecule has 1 aliphatic rings. The van der Waals surface area contributed by atoms with Crippen LogP contribution in [0.2, 0.25) is 0 Å². The molecule has 0 aliphatic carbocycles. The van der Waals surface area contributed by atoms with Crippen LogP contribution in [0.25, 0.3) is 11.1 Å². The fraction of sp³-hybridized carbons (Fsp3) is 0.364. The monoisotopic (exact) mass is 383 g/mol. The summed E-state index contributed by atoms with van der Waals surface area (Å²) in [4.78, 5) is 26.1. The molecule has 148 valence electrons. The largest absolute Gasteiger partial charge is 0.496 e. The average molecular weight is 383 g/mol. The molecule has 1 aliphatic heterocycles. The molecular formula is C22H25NO5. The Bertz CT molecular complexity index is 869. The molecule has 1 fully saturated rings. The summed E-state index contributed by atoms with van der Waals surface area (Å²) < 4.78 is 11.1. The van der Waals surface area contributed by atoms with E-state index >= 15 is 0 Å². The molecule has 1 saturated heterocycles. The molecular weight excluding hydrogens is 358 g/mol. The van der Waals surface area contributed by atoms with Crippen molar-refractivity contribution < 1.29 is 24.2 Å². The maximum atomic E-state index is 13.1. The molecule has 0 bridgehead atoms. The summed E-state index contributed by atoms with van der Waals surface area (Å²) in [6, 6.07) is 13.7. The summed E-state index contributed by atoms with van der Waals surface area (Å²) in [6.07, 6.45) is -0.602. The lowest BCUT2D eigenvalue weighted by Crippen LogP contribution is -2.50. The second kappa shape index (κ2) is 7.64. The maximum absolute atomic E-state index is 13.1. The Labute approximate surface area is 164 Å². The van der Waals surface area contributed by atoms with E-state index in [0.29, 0.717) is 5.56 Å². The number of benzene rings is 2. The van der Waals surface area contributed by atoms with E-state index < -0.39 is 23.7 Å². The zero-order valence-electron chi connectivity index (χ0n) is 16.5. The lowest BCUT2D eigenvalue weighted by molar-refractivity contribution is -0.141. The molecule has 2 atom stereocenters. The van der Waals surface area contributed by atoms with Crippen molar-refractivity contribution in [2.24, 2.45) is 5.41 Å². The number of amides is 1. The molecule has 6 nitrogen and oxygen atoms in total. The molecule has 1 amide bonds. The van der Waals surface area contributed by atoms with Crippen LogP contribution in [0.4, 0.5) is 0 Å². The number of hydrogen-bond donors (Lipinski definition) is 1. The van der Waals surface area contributed by atoms with Gasteiger partial charge >= 0.3 is 5.97 Å². The second-order valence-electron chi connectivity index (χ2n) is 7.90. The third-order valence-corrected chi connectivity index (χ3v) is 4.81.